The topological polar surface area (TPSA) is 150 Å². The van der Waals surface area contributed by atoms with Crippen molar-refractivity contribution < 1.29 is 41.8 Å². The number of carbonyl (C=O) groups excluding carboxylic acids is 4. The Morgan fingerprint density at radius 1 is 1.00 bits per heavy atom. The number of thiophene rings is 1. The Hall–Kier alpha value is -4.92. The number of nitrogens with zero attached hydrogens (tertiary/aromatic N) is 1. The molecule has 0 bridgehead atoms. The highest BCUT2D eigenvalue weighted by Crippen LogP contribution is 2.36. The molecule has 4 rings (SSSR count). The van der Waals surface area contributed by atoms with Gasteiger partial charge in [-0.1, -0.05) is 48.5 Å². The highest BCUT2D eigenvalue weighted by atomic mass is 32.1. The summed E-state index contributed by atoms with van der Waals surface area (Å²) in [4.78, 5) is 51.6. The summed E-state index contributed by atoms with van der Waals surface area (Å²) in [5, 5.41) is 17.0. The van der Waals surface area contributed by atoms with E-state index in [1.807, 2.05) is 24.3 Å². The molecule has 1 fully saturated rings. The van der Waals surface area contributed by atoms with Crippen molar-refractivity contribution in [2.75, 3.05) is 19.7 Å². The minimum absolute atomic E-state index is 0.0216. The zero-order valence-electron chi connectivity index (χ0n) is 25.2. The molecule has 1 aliphatic heterocycles. The van der Waals surface area contributed by atoms with Crippen molar-refractivity contribution in [2.45, 2.75) is 44.6 Å². The Bertz CT molecular complexity index is 1540. The molecule has 250 valence electrons. The van der Waals surface area contributed by atoms with E-state index in [2.05, 4.69) is 16.0 Å². The molecule has 15 heteroatoms. The predicted molar refractivity (Wildman–Crippen MR) is 167 cm³/mol. The molecule has 4 amide bonds. The minimum atomic E-state index is -4.62. The molecular formula is C32H34F3N5O6S. The fourth-order valence-corrected chi connectivity index (χ4v) is 5.55. The van der Waals surface area contributed by atoms with Gasteiger partial charge in [-0.15, -0.1) is 11.3 Å². The van der Waals surface area contributed by atoms with Crippen molar-refractivity contribution >= 4 is 41.0 Å². The van der Waals surface area contributed by atoms with Crippen LogP contribution < -0.4 is 20.7 Å². The van der Waals surface area contributed by atoms with Crippen LogP contribution >= 0.6 is 11.3 Å². The van der Waals surface area contributed by atoms with E-state index in [1.165, 1.54) is 0 Å². The monoisotopic (exact) mass is 673 g/mol. The van der Waals surface area contributed by atoms with Crippen LogP contribution in [0.3, 0.4) is 0 Å². The maximum atomic E-state index is 13.6. The second-order valence-corrected chi connectivity index (χ2v) is 11.7. The summed E-state index contributed by atoms with van der Waals surface area (Å²) in [6, 6.07) is 18.1. The summed E-state index contributed by atoms with van der Waals surface area (Å²) in [6.45, 7) is -1.05. The lowest BCUT2D eigenvalue weighted by molar-refractivity contribution is -0.171. The minimum Gasteiger partial charge on any atom is -0.494 e. The molecule has 1 saturated heterocycles. The summed E-state index contributed by atoms with van der Waals surface area (Å²) < 4.78 is 51.4. The first kappa shape index (κ1) is 34.9. The van der Waals surface area contributed by atoms with E-state index in [0.29, 0.717) is 22.6 Å². The molecule has 2 atom stereocenters. The van der Waals surface area contributed by atoms with Crippen molar-refractivity contribution in [1.82, 2.24) is 20.9 Å². The van der Waals surface area contributed by atoms with Crippen LogP contribution in [0.15, 0.2) is 72.1 Å². The van der Waals surface area contributed by atoms with Crippen molar-refractivity contribution in [2.24, 2.45) is 5.92 Å². The van der Waals surface area contributed by atoms with E-state index < -0.39 is 61.5 Å². The van der Waals surface area contributed by atoms with E-state index in [-0.39, 0.29) is 32.0 Å². The number of hydrogen-bond donors (Lipinski definition) is 4. The molecule has 47 heavy (non-hydrogen) atoms. The molecule has 0 spiro atoms. The molecule has 2 heterocycles. The lowest BCUT2D eigenvalue weighted by atomic mass is 10.0. The van der Waals surface area contributed by atoms with E-state index >= 15 is 0 Å². The van der Waals surface area contributed by atoms with E-state index in [4.69, 9.17) is 14.9 Å². The van der Waals surface area contributed by atoms with Crippen molar-refractivity contribution in [1.29, 1.82) is 5.41 Å². The van der Waals surface area contributed by atoms with Crippen molar-refractivity contribution in [3.63, 3.8) is 0 Å². The lowest BCUT2D eigenvalue weighted by Gasteiger charge is -2.24. The maximum Gasteiger partial charge on any atom is 0.413 e. The summed E-state index contributed by atoms with van der Waals surface area (Å²) in [5.41, 5.74) is 1.12. The third-order valence-electron chi connectivity index (χ3n) is 7.20. The van der Waals surface area contributed by atoms with E-state index in [0.717, 1.165) is 21.8 Å². The summed E-state index contributed by atoms with van der Waals surface area (Å²) >= 11 is 1.16. The molecule has 4 N–H and O–H groups in total. The molecule has 0 radical (unpaired) electrons. The molecule has 0 saturated carbocycles. The number of para-hydroxylation sites is 1. The van der Waals surface area contributed by atoms with Crippen LogP contribution in [0.5, 0.6) is 5.75 Å². The molecule has 2 aromatic carbocycles. The van der Waals surface area contributed by atoms with Crippen molar-refractivity contribution in [3.8, 4) is 5.75 Å². The molecule has 11 nitrogen and oxygen atoms in total. The molecule has 0 unspecified atom stereocenters. The van der Waals surface area contributed by atoms with Gasteiger partial charge in [0.25, 0.3) is 0 Å². The van der Waals surface area contributed by atoms with Gasteiger partial charge < -0.3 is 25.0 Å². The van der Waals surface area contributed by atoms with Gasteiger partial charge in [0, 0.05) is 28.8 Å². The molecule has 1 aliphatic rings. The number of alkyl carbamates (subject to hydrolysis) is 1. The molecule has 0 aliphatic carbocycles. The molecular weight excluding hydrogens is 639 g/mol. The van der Waals surface area contributed by atoms with Gasteiger partial charge in [0.1, 0.15) is 24.2 Å². The van der Waals surface area contributed by atoms with Crippen LogP contribution in [-0.2, 0) is 32.3 Å². The summed E-state index contributed by atoms with van der Waals surface area (Å²) in [5.74, 6) is -3.53. The third kappa shape index (κ3) is 10.8. The highest BCUT2D eigenvalue weighted by molar-refractivity contribution is 7.10. The number of amides is 4. The largest absolute Gasteiger partial charge is 0.494 e. The number of rotatable bonds is 13. The molecule has 1 aromatic heterocycles. The number of benzene rings is 2. The fraction of sp³-hybridized carbons (Fsp3) is 0.344. The number of amidine groups is 1. The Kier molecular flexibility index (Phi) is 12.3. The number of halogens is 3. The standard InChI is InChI=1S/C32H34F3N5O6S/c33-32(34,35)23-15-26(40(18-23)28(42)17-37-27(41)12-7-13-45-24-10-5-2-6-11-24)30(43)38-16-25-14-22(20-47-25)29(36)39-31(44)46-19-21-8-3-1-4-9-21/h1-6,8-11,14,20,23,26H,7,12-13,15-19H2,(H,37,41)(H,38,43)(H2,36,39,44)/t23-,26-/m0/s1. The number of alkyl halides is 3. The average molecular weight is 674 g/mol. The van der Waals surface area contributed by atoms with E-state index in [1.54, 1.807) is 47.8 Å². The van der Waals surface area contributed by atoms with Crippen LogP contribution in [0, 0.1) is 11.3 Å². The number of nitrogens with one attached hydrogen (secondary N) is 4. The van der Waals surface area contributed by atoms with Crippen molar-refractivity contribution in [3.05, 3.63) is 88.1 Å². The number of likely N-dealkylation sites (tertiary alicyclic amines) is 1. The Labute approximate surface area is 272 Å². The number of hydrogen-bond acceptors (Lipinski definition) is 8. The smallest absolute Gasteiger partial charge is 0.413 e. The van der Waals surface area contributed by atoms with Gasteiger partial charge >= 0.3 is 12.3 Å². The molecule has 3 aromatic rings. The van der Waals surface area contributed by atoms with Gasteiger partial charge in [-0.05, 0) is 36.6 Å². The van der Waals surface area contributed by atoms with Gasteiger partial charge in [-0.2, -0.15) is 13.2 Å². The first-order valence-corrected chi connectivity index (χ1v) is 15.6. The number of carbonyl (C=O) groups is 4. The van der Waals surface area contributed by atoms with Crippen LogP contribution in [0.2, 0.25) is 0 Å². The average Bonchev–Trinajstić information content (AvgIpc) is 3.73. The SMILES string of the molecule is N=C(NC(=O)OCc1ccccc1)c1csc(CNC(=O)[C@@H]2C[C@H](C(F)(F)F)CN2C(=O)CNC(=O)CCCOc2ccccc2)c1. The fourth-order valence-electron chi connectivity index (χ4n) is 4.73. The zero-order valence-corrected chi connectivity index (χ0v) is 26.0. The lowest BCUT2D eigenvalue weighted by Crippen LogP contribution is -2.48. The van der Waals surface area contributed by atoms with Crippen LogP contribution in [0.4, 0.5) is 18.0 Å². The third-order valence-corrected chi connectivity index (χ3v) is 8.14. The second-order valence-electron chi connectivity index (χ2n) is 10.7. The first-order valence-electron chi connectivity index (χ1n) is 14.7. The highest BCUT2D eigenvalue weighted by Gasteiger charge is 2.50. The van der Waals surface area contributed by atoms with Gasteiger partial charge in [0.15, 0.2) is 0 Å². The Morgan fingerprint density at radius 3 is 2.40 bits per heavy atom. The maximum absolute atomic E-state index is 13.6. The predicted octanol–water partition coefficient (Wildman–Crippen LogP) is 4.37. The van der Waals surface area contributed by atoms with Gasteiger partial charge in [-0.3, -0.25) is 25.1 Å². The zero-order chi connectivity index (χ0) is 33.8. The van der Waals surface area contributed by atoms with E-state index in [9.17, 15) is 32.3 Å². The summed E-state index contributed by atoms with van der Waals surface area (Å²) in [6.07, 6.45) is -5.65. The van der Waals surface area contributed by atoms with Crippen LogP contribution in [0.25, 0.3) is 0 Å². The van der Waals surface area contributed by atoms with Gasteiger partial charge in [-0.25, -0.2) is 4.79 Å². The first-order chi connectivity index (χ1) is 22.5. The van der Waals surface area contributed by atoms with Crippen LogP contribution in [-0.4, -0.2) is 66.5 Å². The Balaban J connectivity index is 1.24. The Morgan fingerprint density at radius 2 is 1.70 bits per heavy atom. The van der Waals surface area contributed by atoms with Crippen LogP contribution in [0.1, 0.15) is 35.3 Å². The normalized spacial score (nSPS) is 15.9. The second kappa shape index (κ2) is 16.6. The quantitative estimate of drug-likeness (QED) is 0.120. The summed E-state index contributed by atoms with van der Waals surface area (Å²) in [7, 11) is 0. The van der Waals surface area contributed by atoms with Gasteiger partial charge in [0.05, 0.1) is 25.6 Å². The number of ether oxygens (including phenoxy) is 2. The van der Waals surface area contributed by atoms with Gasteiger partial charge in [0.2, 0.25) is 17.7 Å².